The molecule has 2 rings (SSSR count). The number of fused-ring (bicyclic) bond motifs is 1. The highest BCUT2D eigenvalue weighted by molar-refractivity contribution is 5.74. The predicted molar refractivity (Wildman–Crippen MR) is 195 cm³/mol. The van der Waals surface area contributed by atoms with Crippen LogP contribution < -0.4 is 9.47 Å². The number of esters is 1. The van der Waals surface area contributed by atoms with Crippen molar-refractivity contribution in [3.8, 4) is 11.5 Å². The molecular formula is C42H74O3. The van der Waals surface area contributed by atoms with Crippen molar-refractivity contribution in [3.05, 3.63) is 22.3 Å². The van der Waals surface area contributed by atoms with Crippen molar-refractivity contribution in [1.29, 1.82) is 0 Å². The molecule has 0 saturated carbocycles. The lowest BCUT2D eigenvalue weighted by molar-refractivity contribution is -0.134. The second-order valence-electron chi connectivity index (χ2n) is 15.8. The van der Waals surface area contributed by atoms with Gasteiger partial charge in [0.15, 0.2) is 0 Å². The molecule has 0 N–H and O–H groups in total. The molecule has 3 nitrogen and oxygen atoms in total. The van der Waals surface area contributed by atoms with Crippen LogP contribution in [0.5, 0.6) is 11.5 Å². The molecule has 0 radical (unpaired) electrons. The number of carbonyl (C=O) groups excluding carboxylic acids is 1. The van der Waals surface area contributed by atoms with Crippen LogP contribution >= 0.6 is 0 Å². The Bertz CT molecular complexity index is 979. The van der Waals surface area contributed by atoms with Crippen molar-refractivity contribution in [3.63, 3.8) is 0 Å². The number of carbonyl (C=O) groups is 1. The van der Waals surface area contributed by atoms with Gasteiger partial charge in [-0.25, -0.2) is 0 Å². The van der Waals surface area contributed by atoms with Crippen LogP contribution in [0, 0.1) is 38.5 Å². The summed E-state index contributed by atoms with van der Waals surface area (Å²) in [7, 11) is 0. The molecule has 3 atom stereocenters. The zero-order valence-corrected chi connectivity index (χ0v) is 31.5. The Labute approximate surface area is 280 Å². The van der Waals surface area contributed by atoms with Crippen LogP contribution in [-0.4, -0.2) is 11.6 Å². The molecular weight excluding hydrogens is 552 g/mol. The maximum atomic E-state index is 12.8. The van der Waals surface area contributed by atoms with E-state index in [0.29, 0.717) is 6.42 Å². The van der Waals surface area contributed by atoms with Gasteiger partial charge in [-0.15, -0.1) is 0 Å². The van der Waals surface area contributed by atoms with Crippen LogP contribution in [0.15, 0.2) is 0 Å². The van der Waals surface area contributed by atoms with Crippen LogP contribution in [-0.2, 0) is 11.2 Å². The number of benzene rings is 1. The van der Waals surface area contributed by atoms with Crippen molar-refractivity contribution in [2.45, 2.75) is 209 Å². The van der Waals surface area contributed by atoms with E-state index in [1.165, 1.54) is 108 Å². The largest absolute Gasteiger partial charge is 0.487 e. The van der Waals surface area contributed by atoms with Gasteiger partial charge in [-0.1, -0.05) is 137 Å². The minimum Gasteiger partial charge on any atom is -0.487 e. The van der Waals surface area contributed by atoms with E-state index in [0.717, 1.165) is 78.0 Å². The Morgan fingerprint density at radius 3 is 1.82 bits per heavy atom. The summed E-state index contributed by atoms with van der Waals surface area (Å²) in [5, 5.41) is 0. The first-order chi connectivity index (χ1) is 21.5. The van der Waals surface area contributed by atoms with Gasteiger partial charge >= 0.3 is 5.97 Å². The minimum absolute atomic E-state index is 0.0867. The molecule has 0 aromatic heterocycles. The zero-order chi connectivity index (χ0) is 33.2. The Hall–Kier alpha value is -1.51. The highest BCUT2D eigenvalue weighted by atomic mass is 16.5. The molecule has 45 heavy (non-hydrogen) atoms. The molecule has 1 aromatic carbocycles. The Morgan fingerprint density at radius 2 is 1.24 bits per heavy atom. The number of ether oxygens (including phenoxy) is 2. The number of hydrogen-bond donors (Lipinski definition) is 0. The molecule has 0 aliphatic carbocycles. The maximum absolute atomic E-state index is 12.8. The lowest BCUT2D eigenvalue weighted by atomic mass is 9.83. The molecule has 1 aliphatic heterocycles. The summed E-state index contributed by atoms with van der Waals surface area (Å²) in [6, 6.07) is 0. The summed E-state index contributed by atoms with van der Waals surface area (Å²) in [6.07, 6.45) is 27.1. The minimum atomic E-state index is -0.116. The van der Waals surface area contributed by atoms with Gasteiger partial charge in [-0.05, 0) is 94.2 Å². The van der Waals surface area contributed by atoms with Crippen molar-refractivity contribution in [2.24, 2.45) is 17.8 Å². The van der Waals surface area contributed by atoms with E-state index in [1.807, 2.05) is 0 Å². The van der Waals surface area contributed by atoms with Crippen LogP contribution in [0.25, 0.3) is 0 Å². The first-order valence-corrected chi connectivity index (χ1v) is 19.5. The zero-order valence-electron chi connectivity index (χ0n) is 31.5. The van der Waals surface area contributed by atoms with E-state index in [-0.39, 0.29) is 11.6 Å². The normalized spacial score (nSPS) is 17.6. The predicted octanol–water partition coefficient (Wildman–Crippen LogP) is 13.4. The van der Waals surface area contributed by atoms with Gasteiger partial charge in [0, 0.05) is 12.0 Å². The molecule has 0 unspecified atom stereocenters. The van der Waals surface area contributed by atoms with Crippen molar-refractivity contribution in [1.82, 2.24) is 0 Å². The fourth-order valence-corrected chi connectivity index (χ4v) is 7.33. The van der Waals surface area contributed by atoms with E-state index < -0.39 is 0 Å². The third kappa shape index (κ3) is 14.9. The van der Waals surface area contributed by atoms with Crippen molar-refractivity contribution in [2.75, 3.05) is 0 Å². The lowest BCUT2D eigenvalue weighted by Gasteiger charge is -2.38. The molecule has 0 spiro atoms. The summed E-state index contributed by atoms with van der Waals surface area (Å²) in [4.78, 5) is 12.8. The average Bonchev–Trinajstić information content (AvgIpc) is 2.99. The summed E-state index contributed by atoms with van der Waals surface area (Å²) in [5.74, 6) is 4.23. The molecule has 0 amide bonds. The number of rotatable bonds is 24. The van der Waals surface area contributed by atoms with E-state index in [4.69, 9.17) is 9.47 Å². The summed E-state index contributed by atoms with van der Waals surface area (Å²) in [6.45, 7) is 20.5. The van der Waals surface area contributed by atoms with Gasteiger partial charge in [-0.3, -0.25) is 4.79 Å². The molecule has 1 aliphatic rings. The third-order valence-corrected chi connectivity index (χ3v) is 10.8. The summed E-state index contributed by atoms with van der Waals surface area (Å²) >= 11 is 0. The summed E-state index contributed by atoms with van der Waals surface area (Å²) in [5.41, 5.74) is 4.42. The Kier molecular flexibility index (Phi) is 18.8. The maximum Gasteiger partial charge on any atom is 0.311 e. The van der Waals surface area contributed by atoms with Gasteiger partial charge in [-0.2, -0.15) is 0 Å². The second-order valence-corrected chi connectivity index (χ2v) is 15.8. The number of hydrogen-bond acceptors (Lipinski definition) is 3. The molecule has 0 fully saturated rings. The van der Waals surface area contributed by atoms with E-state index in [9.17, 15) is 4.79 Å². The topological polar surface area (TPSA) is 35.5 Å². The smallest absolute Gasteiger partial charge is 0.311 e. The fourth-order valence-electron chi connectivity index (χ4n) is 7.33. The van der Waals surface area contributed by atoms with Gasteiger partial charge < -0.3 is 9.47 Å². The van der Waals surface area contributed by atoms with E-state index in [1.54, 1.807) is 0 Å². The third-order valence-electron chi connectivity index (χ3n) is 10.8. The quantitative estimate of drug-likeness (QED) is 0.0650. The SMILES string of the molecule is CCCCCCCCCCCCC(=O)Oc1c(C)c(C)c2c(c1C)CC[C@@](C)(CCC[C@H](C)CCC[C@H](C)CCCC(C)C)O2. The Morgan fingerprint density at radius 1 is 0.711 bits per heavy atom. The average molecular weight is 627 g/mol. The lowest BCUT2D eigenvalue weighted by Crippen LogP contribution is -2.37. The molecule has 0 bridgehead atoms. The second kappa shape index (κ2) is 21.4. The van der Waals surface area contributed by atoms with E-state index >= 15 is 0 Å². The van der Waals surface area contributed by atoms with Crippen LogP contribution in [0.3, 0.4) is 0 Å². The van der Waals surface area contributed by atoms with Gasteiger partial charge in [0.2, 0.25) is 0 Å². The summed E-state index contributed by atoms with van der Waals surface area (Å²) < 4.78 is 12.8. The first kappa shape index (κ1) is 39.7. The molecule has 0 saturated heterocycles. The molecule has 1 heterocycles. The van der Waals surface area contributed by atoms with E-state index in [2.05, 4.69) is 62.3 Å². The molecule has 1 aromatic rings. The first-order valence-electron chi connectivity index (χ1n) is 19.5. The van der Waals surface area contributed by atoms with Crippen LogP contribution in [0.2, 0.25) is 0 Å². The van der Waals surface area contributed by atoms with Crippen LogP contribution in [0.1, 0.15) is 199 Å². The Balaban J connectivity index is 1.76. The van der Waals surface area contributed by atoms with Gasteiger partial charge in [0.1, 0.15) is 17.1 Å². The van der Waals surface area contributed by atoms with Gasteiger partial charge in [0.25, 0.3) is 0 Å². The highest BCUT2D eigenvalue weighted by Crippen LogP contribution is 2.45. The standard InChI is InChI=1S/C42H74O3/c1-10-11-12-13-14-15-16-17-18-19-28-39(43)44-40-35(6)36(7)41-38(37(40)8)29-31-42(9,45-41)30-22-27-34(5)26-21-25-33(4)24-20-23-32(2)3/h32-34H,10-31H2,1-9H3/t33-,34-,42-/m1/s1. The van der Waals surface area contributed by atoms with Crippen molar-refractivity contribution >= 4 is 5.97 Å². The van der Waals surface area contributed by atoms with Crippen LogP contribution in [0.4, 0.5) is 0 Å². The highest BCUT2D eigenvalue weighted by Gasteiger charge is 2.34. The van der Waals surface area contributed by atoms with Crippen molar-refractivity contribution < 1.29 is 14.3 Å². The molecule has 260 valence electrons. The fraction of sp³-hybridized carbons (Fsp3) is 0.833. The van der Waals surface area contributed by atoms with Gasteiger partial charge in [0.05, 0.1) is 0 Å². The molecule has 3 heteroatoms. The monoisotopic (exact) mass is 627 g/mol. The number of unbranched alkanes of at least 4 members (excludes halogenated alkanes) is 9.